The van der Waals surface area contributed by atoms with Crippen LogP contribution in [0, 0.1) is 5.92 Å². The van der Waals surface area contributed by atoms with Gasteiger partial charge in [0.25, 0.3) is 23.6 Å². The number of rotatable bonds is 15. The summed E-state index contributed by atoms with van der Waals surface area (Å²) in [6.45, 7) is 16.0. The van der Waals surface area contributed by atoms with Gasteiger partial charge in [-0.15, -0.1) is 0 Å². The number of phenolic OH excluding ortho intramolecular Hbond substituents is 1. The molecule has 1 N–H and O–H groups in total. The Morgan fingerprint density at radius 1 is 0.500 bits per heavy atom. The van der Waals surface area contributed by atoms with Gasteiger partial charge in [-0.3, -0.25) is 28.8 Å². The first kappa shape index (κ1) is 48.2. The molecule has 0 aliphatic carbocycles. The number of amides is 4. The number of carbonyl (C=O) groups is 6. The van der Waals surface area contributed by atoms with Crippen molar-refractivity contribution in [3.63, 3.8) is 0 Å². The molecule has 0 saturated heterocycles. The topological polar surface area (TPSA) is 175 Å². The molecule has 0 unspecified atom stereocenters. The molecule has 0 bridgehead atoms. The van der Waals surface area contributed by atoms with E-state index in [0.29, 0.717) is 59.0 Å². The number of fused-ring (bicyclic) bond motifs is 4. The molecule has 2 aliphatic heterocycles. The lowest BCUT2D eigenvalue weighted by atomic mass is 9.98. The van der Waals surface area contributed by atoms with Crippen LogP contribution >= 0.6 is 0 Å². The first-order valence-corrected chi connectivity index (χ1v) is 22.6. The third kappa shape index (κ3) is 9.57. The van der Waals surface area contributed by atoms with Crippen LogP contribution in [0.4, 0.5) is 11.4 Å². The van der Waals surface area contributed by atoms with Gasteiger partial charge in [0.1, 0.15) is 23.0 Å². The van der Waals surface area contributed by atoms with Crippen molar-refractivity contribution in [2.45, 2.75) is 80.4 Å². The fourth-order valence-electron chi connectivity index (χ4n) is 8.08. The van der Waals surface area contributed by atoms with Crippen LogP contribution in [0.2, 0.25) is 0 Å². The molecule has 0 fully saturated rings. The predicted molar refractivity (Wildman–Crippen MR) is 257 cm³/mol. The molecule has 8 rings (SSSR count). The molecule has 2 aliphatic rings. The molecule has 0 radical (unpaired) electrons. The molecule has 0 atom stereocenters. The van der Waals surface area contributed by atoms with Crippen molar-refractivity contribution in [1.82, 2.24) is 0 Å². The third-order valence-corrected chi connectivity index (χ3v) is 10.9. The lowest BCUT2D eigenvalue weighted by molar-refractivity contribution is -0.143. The molecule has 352 valence electrons. The van der Waals surface area contributed by atoms with E-state index in [0.717, 1.165) is 26.1 Å². The Morgan fingerprint density at radius 3 is 1.25 bits per heavy atom. The monoisotopic (exact) mass is 922 g/mol. The molecule has 14 heteroatoms. The van der Waals surface area contributed by atoms with Crippen molar-refractivity contribution in [1.29, 1.82) is 0 Å². The summed E-state index contributed by atoms with van der Waals surface area (Å²) >= 11 is 0. The Hall–Kier alpha value is -7.74. The molecule has 2 heterocycles. The molecular weight excluding hydrogens is 869 g/mol. The van der Waals surface area contributed by atoms with Crippen LogP contribution in [0.15, 0.2) is 97.1 Å². The van der Waals surface area contributed by atoms with Gasteiger partial charge in [0.05, 0.1) is 78.5 Å². The summed E-state index contributed by atoms with van der Waals surface area (Å²) in [5, 5.41) is 13.3. The molecule has 6 aromatic carbocycles. The van der Waals surface area contributed by atoms with Crippen molar-refractivity contribution in [2.75, 3.05) is 29.6 Å². The van der Waals surface area contributed by atoms with E-state index in [1.807, 2.05) is 65.8 Å². The van der Waals surface area contributed by atoms with Gasteiger partial charge in [0, 0.05) is 21.5 Å². The number of anilines is 2. The highest BCUT2D eigenvalue weighted by molar-refractivity contribution is 6.39. The number of phenols is 1. The second-order valence-corrected chi connectivity index (χ2v) is 17.2. The third-order valence-electron chi connectivity index (χ3n) is 10.9. The van der Waals surface area contributed by atoms with Crippen LogP contribution in [0.5, 0.6) is 23.0 Å². The Balaban J connectivity index is 0.000000203. The fraction of sp³-hybridized carbons (Fsp3) is 0.296. The summed E-state index contributed by atoms with van der Waals surface area (Å²) in [5.41, 5.74) is 2.57. The van der Waals surface area contributed by atoms with Gasteiger partial charge in [0.2, 0.25) is 0 Å². The highest BCUT2D eigenvalue weighted by atomic mass is 16.5. The molecule has 0 aromatic heterocycles. The van der Waals surface area contributed by atoms with E-state index in [1.54, 1.807) is 86.6 Å². The molecule has 14 nitrogen and oxygen atoms in total. The number of carbonyl (C=O) groups excluding carboxylic acids is 6. The lowest BCUT2D eigenvalue weighted by Crippen LogP contribution is -2.29. The van der Waals surface area contributed by atoms with Crippen molar-refractivity contribution < 1.29 is 57.6 Å². The molecule has 4 amide bonds. The second kappa shape index (κ2) is 20.4. The lowest BCUT2D eigenvalue weighted by Gasteiger charge is -2.19. The van der Waals surface area contributed by atoms with Crippen molar-refractivity contribution in [2.24, 2.45) is 5.92 Å². The van der Waals surface area contributed by atoms with Crippen LogP contribution in [-0.2, 0) is 31.9 Å². The quantitative estimate of drug-likeness (QED) is 0.0764. The number of hydrogen-bond donors (Lipinski definition) is 1. The normalized spacial score (nSPS) is 13.0. The van der Waals surface area contributed by atoms with Gasteiger partial charge in [-0.25, -0.2) is 9.80 Å². The van der Waals surface area contributed by atoms with Crippen LogP contribution in [0.3, 0.4) is 0 Å². The Labute approximate surface area is 394 Å². The number of benzene rings is 6. The Bertz CT molecular complexity index is 2940. The zero-order valence-electron chi connectivity index (χ0n) is 39.3. The van der Waals surface area contributed by atoms with E-state index in [2.05, 4.69) is 0 Å². The van der Waals surface area contributed by atoms with Gasteiger partial charge in [-0.1, -0.05) is 86.6 Å². The minimum atomic E-state index is -0.625. The van der Waals surface area contributed by atoms with E-state index in [-0.39, 0.29) is 76.7 Å². The standard InChI is InChI=1S/C29H31NO6.C25H23NO6/c1-6-34-23(31)15-19-11-13-20(14-12-19)30-28(32)24-25(29(30)33)27(36-18(4)5)22-10-8-7-9-21(22)26(24)35-16-17(2)3;1-4-31-19(27)13-15-9-11-16(12-10-15)26-24(29)20-21(25(26)30)23(32-14(2)3)18-8-6-5-7-17(18)22(20)28/h7-14,17-18H,6,15-16H2,1-5H3;5-12,14,28H,4,13H2,1-3H3. The maximum Gasteiger partial charge on any atom is 0.310 e. The summed E-state index contributed by atoms with van der Waals surface area (Å²) < 4.78 is 28.2. The zero-order valence-corrected chi connectivity index (χ0v) is 39.3. The van der Waals surface area contributed by atoms with E-state index in [1.165, 1.54) is 0 Å². The van der Waals surface area contributed by atoms with Crippen molar-refractivity contribution in [3.05, 3.63) is 130 Å². The first-order valence-electron chi connectivity index (χ1n) is 22.6. The van der Waals surface area contributed by atoms with Gasteiger partial charge in [0.15, 0.2) is 0 Å². The van der Waals surface area contributed by atoms with Crippen LogP contribution in [0.1, 0.15) is 108 Å². The molecule has 68 heavy (non-hydrogen) atoms. The average Bonchev–Trinajstić information content (AvgIpc) is 3.72. The van der Waals surface area contributed by atoms with Crippen LogP contribution in [-0.4, -0.2) is 72.7 Å². The summed E-state index contributed by atoms with van der Waals surface area (Å²) in [5.74, 6) is -1.78. The molecule has 0 saturated carbocycles. The van der Waals surface area contributed by atoms with Gasteiger partial charge < -0.3 is 28.8 Å². The minimum Gasteiger partial charge on any atom is -0.506 e. The van der Waals surface area contributed by atoms with E-state index in [4.69, 9.17) is 23.7 Å². The summed E-state index contributed by atoms with van der Waals surface area (Å²) in [4.78, 5) is 79.9. The van der Waals surface area contributed by atoms with E-state index in [9.17, 15) is 33.9 Å². The smallest absolute Gasteiger partial charge is 0.310 e. The largest absolute Gasteiger partial charge is 0.506 e. The second-order valence-electron chi connectivity index (χ2n) is 17.2. The maximum absolute atomic E-state index is 13.8. The number of hydrogen-bond acceptors (Lipinski definition) is 12. The summed E-state index contributed by atoms with van der Waals surface area (Å²) in [6, 6.07) is 27.7. The first-order chi connectivity index (χ1) is 32.6. The summed E-state index contributed by atoms with van der Waals surface area (Å²) in [6.07, 6.45) is -0.249. The maximum atomic E-state index is 13.8. The SMILES string of the molecule is CCOC(=O)Cc1ccc(N2C(=O)c3c(c(OC(C)C)c4ccccc4c3O)C2=O)cc1.CCOC(=O)Cc1ccc(N2C(=O)c3c(c(OC(C)C)c4ccccc4c3OCC(C)C)C2=O)cc1. The minimum absolute atomic E-state index is 0.0514. The highest BCUT2D eigenvalue weighted by Gasteiger charge is 2.45. The number of esters is 2. The number of nitrogens with zero attached hydrogens (tertiary/aromatic N) is 2. The Morgan fingerprint density at radius 2 is 0.853 bits per heavy atom. The average molecular weight is 923 g/mol. The van der Waals surface area contributed by atoms with Crippen LogP contribution < -0.4 is 24.0 Å². The van der Waals surface area contributed by atoms with Gasteiger partial charge in [-0.2, -0.15) is 0 Å². The number of aromatic hydroxyl groups is 1. The van der Waals surface area contributed by atoms with Crippen molar-refractivity contribution >= 4 is 68.5 Å². The predicted octanol–water partition coefficient (Wildman–Crippen LogP) is 9.81. The fourth-order valence-corrected chi connectivity index (χ4v) is 8.08. The highest BCUT2D eigenvalue weighted by Crippen LogP contribution is 2.48. The van der Waals surface area contributed by atoms with Crippen molar-refractivity contribution in [3.8, 4) is 23.0 Å². The number of ether oxygens (including phenoxy) is 5. The van der Waals surface area contributed by atoms with Crippen LogP contribution in [0.25, 0.3) is 21.5 Å². The summed E-state index contributed by atoms with van der Waals surface area (Å²) in [7, 11) is 0. The molecule has 0 spiro atoms. The molecule has 6 aromatic rings. The van der Waals surface area contributed by atoms with Gasteiger partial charge in [-0.05, 0) is 82.9 Å². The number of imide groups is 2. The zero-order chi connectivity index (χ0) is 49.0. The van der Waals surface area contributed by atoms with E-state index >= 15 is 0 Å². The Kier molecular flexibility index (Phi) is 14.5. The molecular formula is C54H54N2O12. The van der Waals surface area contributed by atoms with Gasteiger partial charge >= 0.3 is 11.9 Å². The van der Waals surface area contributed by atoms with E-state index < -0.39 is 23.6 Å².